The van der Waals surface area contributed by atoms with Gasteiger partial charge in [-0.3, -0.25) is 4.79 Å². The van der Waals surface area contributed by atoms with Gasteiger partial charge in [0.2, 0.25) is 0 Å². The van der Waals surface area contributed by atoms with Crippen LogP contribution in [-0.2, 0) is 4.74 Å². The normalized spacial score (nSPS) is 13.1. The van der Waals surface area contributed by atoms with Gasteiger partial charge in [-0.1, -0.05) is 6.07 Å². The lowest BCUT2D eigenvalue weighted by Gasteiger charge is -2.16. The largest absolute Gasteiger partial charge is 0.377 e. The third kappa shape index (κ3) is 3.00. The van der Waals surface area contributed by atoms with Gasteiger partial charge in [0.1, 0.15) is 0 Å². The van der Waals surface area contributed by atoms with Crippen LogP contribution in [0.4, 0.5) is 0 Å². The molecule has 0 amide bonds. The molecular formula is C11H17NO2. The van der Waals surface area contributed by atoms with Gasteiger partial charge in [-0.25, -0.2) is 0 Å². The Morgan fingerprint density at radius 1 is 1.36 bits per heavy atom. The average molecular weight is 195 g/mol. The lowest BCUT2D eigenvalue weighted by Crippen LogP contribution is -2.25. The van der Waals surface area contributed by atoms with E-state index in [9.17, 15) is 4.79 Å². The zero-order valence-corrected chi connectivity index (χ0v) is 8.93. The van der Waals surface area contributed by atoms with Crippen LogP contribution in [0.25, 0.3) is 0 Å². The number of ether oxygens (including phenoxy) is 1. The molecule has 0 bridgehead atoms. The van der Waals surface area contributed by atoms with E-state index in [4.69, 9.17) is 4.74 Å². The van der Waals surface area contributed by atoms with Gasteiger partial charge in [-0.15, -0.1) is 0 Å². The molecule has 1 aromatic heterocycles. The van der Waals surface area contributed by atoms with Crippen molar-refractivity contribution in [2.75, 3.05) is 6.61 Å². The van der Waals surface area contributed by atoms with E-state index in [2.05, 4.69) is 0 Å². The lowest BCUT2D eigenvalue weighted by atomic mass is 10.3. The zero-order valence-electron chi connectivity index (χ0n) is 8.93. The molecule has 0 aliphatic rings. The summed E-state index contributed by atoms with van der Waals surface area (Å²) >= 11 is 0. The van der Waals surface area contributed by atoms with Gasteiger partial charge in [0.05, 0.1) is 18.8 Å². The summed E-state index contributed by atoms with van der Waals surface area (Å²) in [5.74, 6) is 0. The Balaban J connectivity index is 2.65. The molecule has 0 fully saturated rings. The second kappa shape index (κ2) is 4.96. The van der Waals surface area contributed by atoms with Crippen LogP contribution in [0.15, 0.2) is 29.2 Å². The molecule has 1 heterocycles. The van der Waals surface area contributed by atoms with Crippen LogP contribution in [0.1, 0.15) is 26.8 Å². The van der Waals surface area contributed by atoms with Crippen molar-refractivity contribution >= 4 is 0 Å². The van der Waals surface area contributed by atoms with Crippen LogP contribution in [0.5, 0.6) is 0 Å². The fourth-order valence-corrected chi connectivity index (χ4v) is 1.22. The van der Waals surface area contributed by atoms with E-state index in [1.807, 2.05) is 26.8 Å². The maximum Gasteiger partial charge on any atom is 0.250 e. The Kier molecular flexibility index (Phi) is 3.89. The van der Waals surface area contributed by atoms with Crippen molar-refractivity contribution in [3.05, 3.63) is 34.7 Å². The van der Waals surface area contributed by atoms with Crippen LogP contribution in [-0.4, -0.2) is 17.3 Å². The van der Waals surface area contributed by atoms with E-state index in [0.29, 0.717) is 6.61 Å². The summed E-state index contributed by atoms with van der Waals surface area (Å²) in [6.07, 6.45) is 1.99. The third-order valence-corrected chi connectivity index (χ3v) is 2.00. The third-order valence-electron chi connectivity index (χ3n) is 2.00. The smallest absolute Gasteiger partial charge is 0.250 e. The first-order valence-corrected chi connectivity index (χ1v) is 4.90. The molecule has 1 atom stereocenters. The van der Waals surface area contributed by atoms with Crippen LogP contribution < -0.4 is 5.56 Å². The van der Waals surface area contributed by atoms with E-state index >= 15 is 0 Å². The van der Waals surface area contributed by atoms with Crippen molar-refractivity contribution in [1.82, 2.24) is 4.57 Å². The molecule has 0 saturated heterocycles. The molecule has 3 nitrogen and oxygen atoms in total. The average Bonchev–Trinajstić information content (AvgIpc) is 2.15. The summed E-state index contributed by atoms with van der Waals surface area (Å²) in [5, 5.41) is 0. The van der Waals surface area contributed by atoms with Crippen molar-refractivity contribution in [3.63, 3.8) is 0 Å². The van der Waals surface area contributed by atoms with Gasteiger partial charge < -0.3 is 9.30 Å². The van der Waals surface area contributed by atoms with Gasteiger partial charge >= 0.3 is 0 Å². The predicted octanol–water partition coefficient (Wildman–Crippen LogP) is 1.83. The second-order valence-corrected chi connectivity index (χ2v) is 3.68. The molecule has 0 aliphatic carbocycles. The maximum absolute atomic E-state index is 11.4. The minimum Gasteiger partial charge on any atom is -0.377 e. The van der Waals surface area contributed by atoms with Crippen LogP contribution in [0.3, 0.4) is 0 Å². The molecule has 0 saturated carbocycles. The molecule has 1 rings (SSSR count). The molecule has 14 heavy (non-hydrogen) atoms. The zero-order chi connectivity index (χ0) is 10.6. The van der Waals surface area contributed by atoms with Crippen molar-refractivity contribution in [2.24, 2.45) is 0 Å². The van der Waals surface area contributed by atoms with Crippen molar-refractivity contribution in [2.45, 2.75) is 32.9 Å². The van der Waals surface area contributed by atoms with E-state index in [0.717, 1.165) is 0 Å². The van der Waals surface area contributed by atoms with Gasteiger partial charge in [0.25, 0.3) is 5.56 Å². The molecule has 0 aromatic carbocycles. The quantitative estimate of drug-likeness (QED) is 0.734. The number of hydrogen-bond donors (Lipinski definition) is 0. The van der Waals surface area contributed by atoms with Crippen molar-refractivity contribution < 1.29 is 4.74 Å². The first-order valence-electron chi connectivity index (χ1n) is 4.90. The monoisotopic (exact) mass is 195 g/mol. The lowest BCUT2D eigenvalue weighted by molar-refractivity contribution is 0.0571. The summed E-state index contributed by atoms with van der Waals surface area (Å²) in [7, 11) is 0. The topological polar surface area (TPSA) is 31.2 Å². The highest BCUT2D eigenvalue weighted by Gasteiger charge is 2.06. The highest BCUT2D eigenvalue weighted by Crippen LogP contribution is 2.03. The Labute approximate surface area is 84.3 Å². The first-order chi connectivity index (χ1) is 6.61. The number of pyridine rings is 1. The number of nitrogens with zero attached hydrogens (tertiary/aromatic N) is 1. The van der Waals surface area contributed by atoms with E-state index in [1.165, 1.54) is 0 Å². The Morgan fingerprint density at radius 2 is 2.07 bits per heavy atom. The standard InChI is InChI=1S/C11H17NO2/c1-9(2)14-8-10(3)12-7-5-4-6-11(12)13/h4-7,9-10H,8H2,1-3H3/t10-/m0/s1. The predicted molar refractivity (Wildman–Crippen MR) is 56.5 cm³/mol. The highest BCUT2D eigenvalue weighted by molar-refractivity contribution is 4.94. The maximum atomic E-state index is 11.4. The molecule has 0 radical (unpaired) electrons. The van der Waals surface area contributed by atoms with Gasteiger partial charge in [-0.2, -0.15) is 0 Å². The van der Waals surface area contributed by atoms with E-state index in [1.54, 1.807) is 22.9 Å². The molecule has 1 aromatic rings. The van der Waals surface area contributed by atoms with Crippen LogP contribution in [0, 0.1) is 0 Å². The number of rotatable bonds is 4. The minimum absolute atomic E-state index is 0.0207. The second-order valence-electron chi connectivity index (χ2n) is 3.68. The SMILES string of the molecule is CC(C)OC[C@H](C)n1ccccc1=O. The molecule has 0 unspecified atom stereocenters. The van der Waals surface area contributed by atoms with Crippen molar-refractivity contribution in [3.8, 4) is 0 Å². The van der Waals surface area contributed by atoms with Crippen LogP contribution in [0.2, 0.25) is 0 Å². The van der Waals surface area contributed by atoms with Crippen molar-refractivity contribution in [1.29, 1.82) is 0 Å². The van der Waals surface area contributed by atoms with E-state index in [-0.39, 0.29) is 17.7 Å². The fraction of sp³-hybridized carbons (Fsp3) is 0.545. The minimum atomic E-state index is 0.0207. The first kappa shape index (κ1) is 11.0. The summed E-state index contributed by atoms with van der Waals surface area (Å²) in [6, 6.07) is 5.25. The van der Waals surface area contributed by atoms with Gasteiger partial charge in [-0.05, 0) is 26.8 Å². The summed E-state index contributed by atoms with van der Waals surface area (Å²) < 4.78 is 7.14. The highest BCUT2D eigenvalue weighted by atomic mass is 16.5. The number of aromatic nitrogens is 1. The molecular weight excluding hydrogens is 178 g/mol. The fourth-order valence-electron chi connectivity index (χ4n) is 1.22. The van der Waals surface area contributed by atoms with Gasteiger partial charge in [0, 0.05) is 12.3 Å². The molecule has 0 spiro atoms. The summed E-state index contributed by atoms with van der Waals surface area (Å²) in [4.78, 5) is 11.4. The van der Waals surface area contributed by atoms with Crippen LogP contribution >= 0.6 is 0 Å². The summed E-state index contributed by atoms with van der Waals surface area (Å²) in [6.45, 7) is 6.52. The molecule has 0 aliphatic heterocycles. The summed E-state index contributed by atoms with van der Waals surface area (Å²) in [5.41, 5.74) is 0.0207. The molecule has 78 valence electrons. The Hall–Kier alpha value is -1.09. The van der Waals surface area contributed by atoms with E-state index < -0.39 is 0 Å². The molecule has 0 N–H and O–H groups in total. The van der Waals surface area contributed by atoms with Gasteiger partial charge in [0.15, 0.2) is 0 Å². The molecule has 3 heteroatoms. The number of hydrogen-bond acceptors (Lipinski definition) is 2. The Bertz CT molecular complexity index is 330. The Morgan fingerprint density at radius 3 is 2.64 bits per heavy atom.